The molecule has 7 heteroatoms. The number of carbonyl (C=O) groups excluding carboxylic acids is 1. The maximum Gasteiger partial charge on any atom is 0.260 e. The van der Waals surface area contributed by atoms with Crippen molar-refractivity contribution in [2.45, 2.75) is 31.4 Å². The van der Waals surface area contributed by atoms with Crippen LogP contribution in [0.2, 0.25) is 0 Å². The Bertz CT molecular complexity index is 880. The van der Waals surface area contributed by atoms with E-state index in [1.807, 2.05) is 12.1 Å². The third-order valence-corrected chi connectivity index (χ3v) is 6.01. The van der Waals surface area contributed by atoms with Gasteiger partial charge in [-0.05, 0) is 60.2 Å². The molecule has 1 amide bonds. The van der Waals surface area contributed by atoms with E-state index in [1.165, 1.54) is 11.1 Å². The molecule has 0 spiro atoms. The standard InChI is InChI=1S/C24H30N2O5/c27-21-6-2-18(3-7-21)23(28)15-25-20-5-1-17-4-8-22(14-19(17)13-20)31-16-24(29)26-9-11-30-12-10-26/h2-4,6-8,14,20,23,25,27-28H,1,5,9-13,15-16H2. The topological polar surface area (TPSA) is 91.3 Å². The lowest BCUT2D eigenvalue weighted by Crippen LogP contribution is -2.43. The third kappa shape index (κ3) is 5.76. The maximum atomic E-state index is 12.3. The number of rotatable bonds is 7. The Morgan fingerprint density at radius 1 is 1.16 bits per heavy atom. The second-order valence-corrected chi connectivity index (χ2v) is 8.17. The number of carbonyl (C=O) groups is 1. The summed E-state index contributed by atoms with van der Waals surface area (Å²) in [5.41, 5.74) is 3.31. The number of benzene rings is 2. The monoisotopic (exact) mass is 426 g/mol. The highest BCUT2D eigenvalue weighted by Crippen LogP contribution is 2.26. The number of fused-ring (bicyclic) bond motifs is 1. The zero-order valence-electron chi connectivity index (χ0n) is 17.6. The van der Waals surface area contributed by atoms with Crippen LogP contribution in [0, 0.1) is 0 Å². The van der Waals surface area contributed by atoms with Gasteiger partial charge in [-0.3, -0.25) is 4.79 Å². The molecule has 2 aliphatic rings. The van der Waals surface area contributed by atoms with Crippen LogP contribution >= 0.6 is 0 Å². The molecule has 0 bridgehead atoms. The number of nitrogens with zero attached hydrogens (tertiary/aromatic N) is 1. The highest BCUT2D eigenvalue weighted by molar-refractivity contribution is 5.77. The van der Waals surface area contributed by atoms with Crippen molar-refractivity contribution in [3.05, 3.63) is 59.2 Å². The van der Waals surface area contributed by atoms with Crippen molar-refractivity contribution < 1.29 is 24.5 Å². The number of hydrogen-bond acceptors (Lipinski definition) is 6. The molecule has 31 heavy (non-hydrogen) atoms. The van der Waals surface area contributed by atoms with Gasteiger partial charge in [0, 0.05) is 25.7 Å². The highest BCUT2D eigenvalue weighted by Gasteiger charge is 2.21. The van der Waals surface area contributed by atoms with Crippen molar-refractivity contribution in [1.82, 2.24) is 10.2 Å². The van der Waals surface area contributed by atoms with Gasteiger partial charge < -0.3 is 29.9 Å². The number of nitrogens with one attached hydrogen (secondary N) is 1. The van der Waals surface area contributed by atoms with Crippen LogP contribution in [-0.2, 0) is 22.4 Å². The lowest BCUT2D eigenvalue weighted by atomic mass is 9.88. The fourth-order valence-electron chi connectivity index (χ4n) is 4.14. The van der Waals surface area contributed by atoms with Gasteiger partial charge in [-0.25, -0.2) is 0 Å². The van der Waals surface area contributed by atoms with E-state index in [4.69, 9.17) is 9.47 Å². The molecule has 2 aromatic carbocycles. The number of ether oxygens (including phenoxy) is 2. The Morgan fingerprint density at radius 2 is 1.94 bits per heavy atom. The molecule has 0 saturated carbocycles. The average Bonchev–Trinajstić information content (AvgIpc) is 2.81. The average molecular weight is 427 g/mol. The van der Waals surface area contributed by atoms with Crippen molar-refractivity contribution in [2.24, 2.45) is 0 Å². The molecule has 3 N–H and O–H groups in total. The summed E-state index contributed by atoms with van der Waals surface area (Å²) in [7, 11) is 0. The Morgan fingerprint density at radius 3 is 2.71 bits per heavy atom. The smallest absolute Gasteiger partial charge is 0.260 e. The number of aliphatic hydroxyl groups is 1. The molecule has 0 aromatic heterocycles. The molecule has 1 aliphatic heterocycles. The summed E-state index contributed by atoms with van der Waals surface area (Å²) in [6, 6.07) is 13.0. The number of morpholine rings is 1. The Hall–Kier alpha value is -2.61. The van der Waals surface area contributed by atoms with Gasteiger partial charge in [-0.1, -0.05) is 18.2 Å². The summed E-state index contributed by atoms with van der Waals surface area (Å²) in [4.78, 5) is 14.1. The van der Waals surface area contributed by atoms with Crippen LogP contribution in [0.3, 0.4) is 0 Å². The zero-order chi connectivity index (χ0) is 21.6. The van der Waals surface area contributed by atoms with Crippen molar-refractivity contribution in [2.75, 3.05) is 39.5 Å². The SMILES string of the molecule is O=C(COc1ccc2c(c1)CC(NCC(O)c1ccc(O)cc1)CC2)N1CCOCC1. The predicted molar refractivity (Wildman–Crippen MR) is 116 cm³/mol. The molecule has 1 saturated heterocycles. The molecule has 2 aromatic rings. The minimum absolute atomic E-state index is 0.0104. The molecular weight excluding hydrogens is 396 g/mol. The van der Waals surface area contributed by atoms with Crippen molar-refractivity contribution in [3.63, 3.8) is 0 Å². The lowest BCUT2D eigenvalue weighted by Gasteiger charge is -2.28. The van der Waals surface area contributed by atoms with Gasteiger partial charge in [-0.2, -0.15) is 0 Å². The minimum Gasteiger partial charge on any atom is -0.508 e. The maximum absolute atomic E-state index is 12.3. The quantitative estimate of drug-likeness (QED) is 0.626. The predicted octanol–water partition coefficient (Wildman–Crippen LogP) is 1.81. The summed E-state index contributed by atoms with van der Waals surface area (Å²) in [5.74, 6) is 0.895. The molecule has 1 fully saturated rings. The number of amides is 1. The van der Waals surface area contributed by atoms with Gasteiger partial charge in [0.05, 0.1) is 19.3 Å². The van der Waals surface area contributed by atoms with Crippen LogP contribution < -0.4 is 10.1 Å². The fourth-order valence-corrected chi connectivity index (χ4v) is 4.14. The van der Waals surface area contributed by atoms with Gasteiger partial charge in [0.1, 0.15) is 11.5 Å². The van der Waals surface area contributed by atoms with Crippen molar-refractivity contribution in [1.29, 1.82) is 0 Å². The molecule has 2 unspecified atom stereocenters. The van der Waals surface area contributed by atoms with Crippen molar-refractivity contribution in [3.8, 4) is 11.5 Å². The number of phenols is 1. The van der Waals surface area contributed by atoms with E-state index in [9.17, 15) is 15.0 Å². The largest absolute Gasteiger partial charge is 0.508 e. The van der Waals surface area contributed by atoms with Crippen LogP contribution in [-0.4, -0.2) is 66.5 Å². The molecule has 2 atom stereocenters. The Labute approximate surface area is 182 Å². The molecule has 4 rings (SSSR count). The van der Waals surface area contributed by atoms with Crippen LogP contribution in [0.5, 0.6) is 11.5 Å². The van der Waals surface area contributed by atoms with E-state index in [0.717, 1.165) is 24.8 Å². The van der Waals surface area contributed by atoms with Gasteiger partial charge in [-0.15, -0.1) is 0 Å². The fraction of sp³-hybridized carbons (Fsp3) is 0.458. The summed E-state index contributed by atoms with van der Waals surface area (Å²) < 4.78 is 11.1. The van der Waals surface area contributed by atoms with E-state index >= 15 is 0 Å². The molecule has 166 valence electrons. The first kappa shape index (κ1) is 21.6. The zero-order valence-corrected chi connectivity index (χ0v) is 17.6. The summed E-state index contributed by atoms with van der Waals surface area (Å²) in [5, 5.41) is 23.3. The first-order valence-electron chi connectivity index (χ1n) is 10.9. The van der Waals surface area contributed by atoms with Gasteiger partial charge >= 0.3 is 0 Å². The van der Waals surface area contributed by atoms with Crippen LogP contribution in [0.15, 0.2) is 42.5 Å². The van der Waals surface area contributed by atoms with Crippen molar-refractivity contribution >= 4 is 5.91 Å². The van der Waals surface area contributed by atoms with Gasteiger partial charge in [0.2, 0.25) is 0 Å². The Kier molecular flexibility index (Phi) is 7.06. The first-order valence-corrected chi connectivity index (χ1v) is 10.9. The van der Waals surface area contributed by atoms with E-state index < -0.39 is 6.10 Å². The normalized spacial score (nSPS) is 19.5. The molecular formula is C24H30N2O5. The van der Waals surface area contributed by atoms with E-state index in [1.54, 1.807) is 29.2 Å². The van der Waals surface area contributed by atoms with Crippen LogP contribution in [0.1, 0.15) is 29.2 Å². The lowest BCUT2D eigenvalue weighted by molar-refractivity contribution is -0.137. The number of phenolic OH excluding ortho intramolecular Hbond substituents is 1. The summed E-state index contributed by atoms with van der Waals surface area (Å²) >= 11 is 0. The minimum atomic E-state index is -0.622. The third-order valence-electron chi connectivity index (χ3n) is 6.01. The Balaban J connectivity index is 1.28. The van der Waals surface area contributed by atoms with Crippen LogP contribution in [0.25, 0.3) is 0 Å². The van der Waals surface area contributed by atoms with Gasteiger partial charge in [0.15, 0.2) is 6.61 Å². The molecule has 0 radical (unpaired) electrons. The number of aliphatic hydroxyl groups excluding tert-OH is 1. The summed E-state index contributed by atoms with van der Waals surface area (Å²) in [6.07, 6.45) is 2.20. The van der Waals surface area contributed by atoms with E-state index in [0.29, 0.717) is 38.6 Å². The van der Waals surface area contributed by atoms with E-state index in [-0.39, 0.29) is 24.3 Å². The van der Waals surface area contributed by atoms with Gasteiger partial charge in [0.25, 0.3) is 5.91 Å². The molecule has 1 heterocycles. The summed E-state index contributed by atoms with van der Waals surface area (Å²) in [6.45, 7) is 2.90. The number of aromatic hydroxyl groups is 1. The number of aryl methyl sites for hydroxylation is 1. The molecule has 1 aliphatic carbocycles. The molecule has 7 nitrogen and oxygen atoms in total. The highest BCUT2D eigenvalue weighted by atomic mass is 16.5. The number of hydrogen-bond donors (Lipinski definition) is 3. The van der Waals surface area contributed by atoms with Crippen LogP contribution in [0.4, 0.5) is 0 Å². The second-order valence-electron chi connectivity index (χ2n) is 8.17. The first-order chi connectivity index (χ1) is 15.1. The second kappa shape index (κ2) is 10.1. The van der Waals surface area contributed by atoms with E-state index in [2.05, 4.69) is 11.4 Å².